The number of nitrogens with one attached hydrogen (secondary N) is 1. The molecule has 1 aliphatic heterocycles. The van der Waals surface area contributed by atoms with Gasteiger partial charge in [0.15, 0.2) is 0 Å². The molecule has 1 aromatic heterocycles. The van der Waals surface area contributed by atoms with Crippen molar-refractivity contribution in [2.75, 3.05) is 19.6 Å². The number of aromatic nitrogens is 2. The first-order chi connectivity index (χ1) is 10.3. The van der Waals surface area contributed by atoms with Crippen molar-refractivity contribution in [1.82, 2.24) is 20.4 Å². The van der Waals surface area contributed by atoms with Crippen molar-refractivity contribution in [3.63, 3.8) is 0 Å². The molecule has 1 aromatic rings. The van der Waals surface area contributed by atoms with Crippen LogP contribution in [-0.4, -0.2) is 58.0 Å². The summed E-state index contributed by atoms with van der Waals surface area (Å²) in [5.41, 5.74) is 5.31. The number of hydrogen-bond acceptors (Lipinski definition) is 7. The maximum absolute atomic E-state index is 12.4. The lowest BCUT2D eigenvalue weighted by Gasteiger charge is -2.27. The van der Waals surface area contributed by atoms with Gasteiger partial charge in [-0.1, -0.05) is 0 Å². The summed E-state index contributed by atoms with van der Waals surface area (Å²) in [7, 11) is 0. The molecule has 0 radical (unpaired) electrons. The summed E-state index contributed by atoms with van der Waals surface area (Å²) in [6, 6.07) is -0.518. The number of aryl methyl sites for hydroxylation is 1. The lowest BCUT2D eigenvalue weighted by Crippen LogP contribution is -2.52. The zero-order valence-corrected chi connectivity index (χ0v) is 13.3. The fourth-order valence-corrected chi connectivity index (χ4v) is 2.37. The highest BCUT2D eigenvalue weighted by molar-refractivity contribution is 5.98. The number of rotatable bonds is 6. The van der Waals surface area contributed by atoms with Gasteiger partial charge in [-0.2, -0.15) is 0 Å². The molecule has 122 valence electrons. The van der Waals surface area contributed by atoms with E-state index < -0.39 is 6.04 Å². The number of amides is 1. The van der Waals surface area contributed by atoms with Gasteiger partial charge in [0.25, 0.3) is 5.89 Å². The molecule has 0 spiro atoms. The van der Waals surface area contributed by atoms with Crippen LogP contribution in [0, 0.1) is 6.92 Å². The van der Waals surface area contributed by atoms with Crippen LogP contribution in [0.15, 0.2) is 4.42 Å². The molecule has 1 amide bonds. The first-order valence-electron chi connectivity index (χ1n) is 7.43. The van der Waals surface area contributed by atoms with E-state index in [0.29, 0.717) is 25.4 Å². The molecule has 1 unspecified atom stereocenters. The predicted molar refractivity (Wildman–Crippen MR) is 79.2 cm³/mol. The summed E-state index contributed by atoms with van der Waals surface area (Å²) >= 11 is 0. The Kier molecular flexibility index (Phi) is 4.92. The second kappa shape index (κ2) is 6.53. The number of carbonyl (C=O) groups is 2. The maximum Gasteiger partial charge on any atom is 0.286 e. The number of carbonyl (C=O) groups excluding carboxylic acids is 2. The zero-order chi connectivity index (χ0) is 16.3. The van der Waals surface area contributed by atoms with Gasteiger partial charge < -0.3 is 20.4 Å². The highest BCUT2D eigenvalue weighted by Crippen LogP contribution is 2.21. The number of nitrogens with zero attached hydrogens (tertiary/aromatic N) is 3. The first-order valence-corrected chi connectivity index (χ1v) is 7.43. The molecule has 1 fully saturated rings. The van der Waals surface area contributed by atoms with Gasteiger partial charge in [0, 0.05) is 25.6 Å². The summed E-state index contributed by atoms with van der Waals surface area (Å²) in [5, 5.41) is 10.5. The van der Waals surface area contributed by atoms with Crippen LogP contribution in [0.1, 0.15) is 43.3 Å². The van der Waals surface area contributed by atoms with Crippen LogP contribution in [0.5, 0.6) is 0 Å². The molecule has 1 atom stereocenters. The molecule has 1 saturated heterocycles. The molecule has 2 rings (SSSR count). The normalized spacial score (nSPS) is 18.7. The third kappa shape index (κ3) is 3.69. The minimum Gasteiger partial charge on any atom is -0.419 e. The second-order valence-electron chi connectivity index (χ2n) is 6.18. The molecule has 0 saturated carbocycles. The smallest absolute Gasteiger partial charge is 0.286 e. The quantitative estimate of drug-likeness (QED) is 0.704. The molecule has 22 heavy (non-hydrogen) atoms. The SMILES string of the molecule is Cc1nnc(C(=O)C2CCCN2C(=O)CNC(C)(C)CN)o1. The van der Waals surface area contributed by atoms with E-state index in [1.54, 1.807) is 11.8 Å². The van der Waals surface area contributed by atoms with Crippen LogP contribution in [0.3, 0.4) is 0 Å². The third-order valence-electron chi connectivity index (χ3n) is 3.84. The highest BCUT2D eigenvalue weighted by Gasteiger charge is 2.37. The van der Waals surface area contributed by atoms with E-state index in [2.05, 4.69) is 15.5 Å². The molecule has 0 aromatic carbocycles. The van der Waals surface area contributed by atoms with Gasteiger partial charge in [-0.15, -0.1) is 10.2 Å². The van der Waals surface area contributed by atoms with Gasteiger partial charge in [0.1, 0.15) is 6.04 Å². The fourth-order valence-electron chi connectivity index (χ4n) is 2.37. The standard InChI is InChI=1S/C14H23N5O3/c1-9-17-18-13(22-9)12(21)10-5-4-6-19(10)11(20)7-16-14(2,3)8-15/h10,16H,4-8,15H2,1-3H3. The molecular formula is C14H23N5O3. The minimum atomic E-state index is -0.518. The Morgan fingerprint density at radius 3 is 2.77 bits per heavy atom. The Labute approximate surface area is 129 Å². The van der Waals surface area contributed by atoms with Crippen molar-refractivity contribution < 1.29 is 14.0 Å². The number of nitrogens with two attached hydrogens (primary N) is 1. The van der Waals surface area contributed by atoms with Crippen LogP contribution >= 0.6 is 0 Å². The van der Waals surface area contributed by atoms with Crippen LogP contribution in [0.4, 0.5) is 0 Å². The topological polar surface area (TPSA) is 114 Å². The van der Waals surface area contributed by atoms with E-state index in [1.165, 1.54) is 0 Å². The van der Waals surface area contributed by atoms with E-state index in [-0.39, 0.29) is 29.7 Å². The average molecular weight is 309 g/mol. The zero-order valence-electron chi connectivity index (χ0n) is 13.3. The molecule has 0 bridgehead atoms. The van der Waals surface area contributed by atoms with Crippen LogP contribution in [0.25, 0.3) is 0 Å². The van der Waals surface area contributed by atoms with Gasteiger partial charge >= 0.3 is 0 Å². The Bertz CT molecular complexity index is 554. The number of likely N-dealkylation sites (tertiary alicyclic amines) is 1. The van der Waals surface area contributed by atoms with Crippen LogP contribution < -0.4 is 11.1 Å². The molecule has 3 N–H and O–H groups in total. The summed E-state index contributed by atoms with van der Waals surface area (Å²) in [5.74, 6) is -0.0961. The van der Waals surface area contributed by atoms with Crippen molar-refractivity contribution in [3.8, 4) is 0 Å². The summed E-state index contributed by atoms with van der Waals surface area (Å²) < 4.78 is 5.18. The van der Waals surface area contributed by atoms with Crippen molar-refractivity contribution in [3.05, 3.63) is 11.8 Å². The molecular weight excluding hydrogens is 286 g/mol. The second-order valence-corrected chi connectivity index (χ2v) is 6.18. The maximum atomic E-state index is 12.4. The van der Waals surface area contributed by atoms with Crippen molar-refractivity contribution in [1.29, 1.82) is 0 Å². The minimum absolute atomic E-state index is 0.0301. The Balaban J connectivity index is 2.01. The van der Waals surface area contributed by atoms with Gasteiger partial charge in [-0.3, -0.25) is 9.59 Å². The predicted octanol–water partition coefficient (Wildman–Crippen LogP) is -0.121. The van der Waals surface area contributed by atoms with E-state index >= 15 is 0 Å². The molecule has 2 heterocycles. The fraction of sp³-hybridized carbons (Fsp3) is 0.714. The van der Waals surface area contributed by atoms with Crippen LogP contribution in [-0.2, 0) is 4.79 Å². The monoisotopic (exact) mass is 309 g/mol. The van der Waals surface area contributed by atoms with Crippen molar-refractivity contribution in [2.24, 2.45) is 5.73 Å². The Morgan fingerprint density at radius 1 is 1.45 bits per heavy atom. The van der Waals surface area contributed by atoms with Gasteiger partial charge in [-0.05, 0) is 26.7 Å². The molecule has 8 heteroatoms. The third-order valence-corrected chi connectivity index (χ3v) is 3.84. The number of ketones is 1. The molecule has 8 nitrogen and oxygen atoms in total. The molecule has 1 aliphatic rings. The van der Waals surface area contributed by atoms with Crippen molar-refractivity contribution >= 4 is 11.7 Å². The first kappa shape index (κ1) is 16.6. The Hall–Kier alpha value is -1.80. The van der Waals surface area contributed by atoms with Gasteiger partial charge in [0.2, 0.25) is 17.6 Å². The summed E-state index contributed by atoms with van der Waals surface area (Å²) in [4.78, 5) is 26.3. The largest absolute Gasteiger partial charge is 0.419 e. The highest BCUT2D eigenvalue weighted by atomic mass is 16.4. The Morgan fingerprint density at radius 2 is 2.18 bits per heavy atom. The average Bonchev–Trinajstić information content (AvgIpc) is 3.13. The number of hydrogen-bond donors (Lipinski definition) is 2. The van der Waals surface area contributed by atoms with E-state index in [0.717, 1.165) is 6.42 Å². The van der Waals surface area contributed by atoms with Gasteiger partial charge in [-0.25, -0.2) is 0 Å². The number of Topliss-reactive ketones (excluding diaryl/α,β-unsaturated/α-hetero) is 1. The van der Waals surface area contributed by atoms with Crippen molar-refractivity contribution in [2.45, 2.75) is 45.2 Å². The van der Waals surface area contributed by atoms with E-state index in [1.807, 2.05) is 13.8 Å². The lowest BCUT2D eigenvalue weighted by molar-refractivity contribution is -0.130. The van der Waals surface area contributed by atoms with E-state index in [9.17, 15) is 9.59 Å². The molecule has 0 aliphatic carbocycles. The van der Waals surface area contributed by atoms with Crippen LogP contribution in [0.2, 0.25) is 0 Å². The van der Waals surface area contributed by atoms with E-state index in [4.69, 9.17) is 10.2 Å². The summed E-state index contributed by atoms with van der Waals surface area (Å²) in [6.45, 7) is 6.61. The lowest BCUT2D eigenvalue weighted by atomic mass is 10.1. The summed E-state index contributed by atoms with van der Waals surface area (Å²) in [6.07, 6.45) is 1.40. The van der Waals surface area contributed by atoms with Gasteiger partial charge in [0.05, 0.1) is 6.54 Å².